The molecule has 0 aromatic carbocycles. The van der Waals surface area contributed by atoms with Gasteiger partial charge < -0.3 is 20.6 Å². The second kappa shape index (κ2) is 13.7. The van der Waals surface area contributed by atoms with E-state index in [2.05, 4.69) is 29.0 Å². The molecule has 8 nitrogen and oxygen atoms in total. The zero-order valence-corrected chi connectivity index (χ0v) is 26.5. The summed E-state index contributed by atoms with van der Waals surface area (Å²) in [5, 5.41) is 20.0. The Kier molecular flexibility index (Phi) is 10.6. The highest BCUT2D eigenvalue weighted by atomic mass is 32.1. The predicted octanol–water partition coefficient (Wildman–Crippen LogP) is 5.06. The Labute approximate surface area is 249 Å². The van der Waals surface area contributed by atoms with Gasteiger partial charge in [0.05, 0.1) is 29.5 Å². The summed E-state index contributed by atoms with van der Waals surface area (Å²) in [5.74, 6) is 0.228. The number of dihydropyridines is 1. The molecule has 2 aliphatic heterocycles. The standard InChI is InChI=1S/C32H49N5O3S/c1-7-13-24-22(8-2)23(18-27(34-24)32(4,5)40)25-19-41-30(35-25)26-16-12-17-37(26)31(39)28(21-14-10-9-11-15-21)36-29(38)20(3)33-6/h7,13,18-22,24,26,28,33,40H,8-12,14-17H2,1-6H3,(H,36,38)/b13-7-/t20-,22?,24?,26?,28?/m0/s1. The Morgan fingerprint density at radius 3 is 2.59 bits per heavy atom. The zero-order chi connectivity index (χ0) is 29.7. The van der Waals surface area contributed by atoms with Crippen LogP contribution < -0.4 is 10.6 Å². The van der Waals surface area contributed by atoms with E-state index >= 15 is 0 Å². The summed E-state index contributed by atoms with van der Waals surface area (Å²) in [6.45, 7) is 10.2. The molecule has 4 rings (SSSR count). The predicted molar refractivity (Wildman–Crippen MR) is 167 cm³/mol. The van der Waals surface area contributed by atoms with Crippen molar-refractivity contribution in [1.82, 2.24) is 20.5 Å². The number of aliphatic imine (C=N–C) groups is 1. The van der Waals surface area contributed by atoms with Crippen molar-refractivity contribution in [3.05, 3.63) is 34.3 Å². The summed E-state index contributed by atoms with van der Waals surface area (Å²) in [6, 6.07) is -1.01. The summed E-state index contributed by atoms with van der Waals surface area (Å²) in [5.41, 5.74) is 1.60. The average molecular weight is 584 g/mol. The van der Waals surface area contributed by atoms with Crippen molar-refractivity contribution >= 4 is 34.4 Å². The van der Waals surface area contributed by atoms with Crippen LogP contribution >= 0.6 is 11.3 Å². The van der Waals surface area contributed by atoms with Gasteiger partial charge in [0, 0.05) is 17.8 Å². The molecule has 1 saturated heterocycles. The molecular weight excluding hydrogens is 534 g/mol. The summed E-state index contributed by atoms with van der Waals surface area (Å²) < 4.78 is 0. The number of hydrogen-bond acceptors (Lipinski definition) is 7. The molecule has 2 fully saturated rings. The fraction of sp³-hybridized carbons (Fsp3) is 0.688. The Hall–Kier alpha value is -2.36. The van der Waals surface area contributed by atoms with Crippen molar-refractivity contribution < 1.29 is 14.7 Å². The monoisotopic (exact) mass is 583 g/mol. The molecule has 5 atom stereocenters. The van der Waals surface area contributed by atoms with E-state index in [1.54, 1.807) is 32.2 Å². The lowest BCUT2D eigenvalue weighted by atomic mass is 9.82. The third kappa shape index (κ3) is 7.17. The van der Waals surface area contributed by atoms with Crippen molar-refractivity contribution in [2.45, 2.75) is 116 Å². The highest BCUT2D eigenvalue weighted by Gasteiger charge is 2.40. The number of aromatic nitrogens is 1. The smallest absolute Gasteiger partial charge is 0.246 e. The van der Waals surface area contributed by atoms with Crippen LogP contribution in [-0.4, -0.2) is 69.8 Å². The van der Waals surface area contributed by atoms with Crippen molar-refractivity contribution in [3.63, 3.8) is 0 Å². The summed E-state index contributed by atoms with van der Waals surface area (Å²) in [4.78, 5) is 39.1. The molecule has 4 unspecified atom stereocenters. The number of amides is 2. The number of rotatable bonds is 10. The van der Waals surface area contributed by atoms with Gasteiger partial charge in [0.15, 0.2) is 0 Å². The quantitative estimate of drug-likeness (QED) is 0.334. The highest BCUT2D eigenvalue weighted by Crippen LogP contribution is 2.40. The van der Waals surface area contributed by atoms with Gasteiger partial charge >= 0.3 is 0 Å². The van der Waals surface area contributed by atoms with Crippen LogP contribution in [0.15, 0.2) is 28.6 Å². The van der Waals surface area contributed by atoms with E-state index < -0.39 is 11.6 Å². The van der Waals surface area contributed by atoms with Crippen LogP contribution in [0, 0.1) is 11.8 Å². The van der Waals surface area contributed by atoms with Crippen LogP contribution in [0.5, 0.6) is 0 Å². The molecule has 3 heterocycles. The molecule has 3 aliphatic rings. The molecule has 1 saturated carbocycles. The first-order valence-corrected chi connectivity index (χ1v) is 16.4. The van der Waals surface area contributed by atoms with E-state index in [-0.39, 0.29) is 41.8 Å². The molecule has 1 aromatic rings. The van der Waals surface area contributed by atoms with E-state index in [9.17, 15) is 14.7 Å². The minimum absolute atomic E-state index is 0.0284. The maximum Gasteiger partial charge on any atom is 0.246 e. The Balaban J connectivity index is 1.61. The number of aliphatic hydroxyl groups is 1. The molecule has 1 aliphatic carbocycles. The highest BCUT2D eigenvalue weighted by molar-refractivity contribution is 7.09. The van der Waals surface area contributed by atoms with E-state index in [4.69, 9.17) is 9.98 Å². The van der Waals surface area contributed by atoms with Crippen LogP contribution in [0.1, 0.15) is 103 Å². The van der Waals surface area contributed by atoms with E-state index in [0.717, 1.165) is 61.2 Å². The van der Waals surface area contributed by atoms with E-state index in [0.29, 0.717) is 12.3 Å². The molecule has 3 N–H and O–H groups in total. The zero-order valence-electron chi connectivity index (χ0n) is 25.7. The lowest BCUT2D eigenvalue weighted by Crippen LogP contribution is -2.55. The average Bonchev–Trinajstić information content (AvgIpc) is 3.65. The summed E-state index contributed by atoms with van der Waals surface area (Å²) in [6.07, 6.45) is 14.2. The molecular formula is C32H49N5O3S. The second-order valence-electron chi connectivity index (χ2n) is 12.4. The van der Waals surface area contributed by atoms with Gasteiger partial charge in [0.25, 0.3) is 0 Å². The van der Waals surface area contributed by atoms with Gasteiger partial charge in [0.1, 0.15) is 16.7 Å². The number of hydrogen-bond donors (Lipinski definition) is 3. The second-order valence-corrected chi connectivity index (χ2v) is 13.2. The van der Waals surface area contributed by atoms with Gasteiger partial charge in [-0.2, -0.15) is 0 Å². The van der Waals surface area contributed by atoms with Gasteiger partial charge in [0.2, 0.25) is 11.8 Å². The fourth-order valence-electron chi connectivity index (χ4n) is 6.46. The maximum atomic E-state index is 14.2. The first-order valence-electron chi connectivity index (χ1n) is 15.5. The topological polar surface area (TPSA) is 107 Å². The Morgan fingerprint density at radius 1 is 1.22 bits per heavy atom. The largest absolute Gasteiger partial charge is 0.384 e. The van der Waals surface area contributed by atoms with Gasteiger partial charge in [-0.1, -0.05) is 38.3 Å². The van der Waals surface area contributed by atoms with Crippen LogP contribution in [0.4, 0.5) is 0 Å². The normalized spacial score (nSPS) is 25.6. The first-order chi connectivity index (χ1) is 19.6. The molecule has 0 spiro atoms. The molecule has 41 heavy (non-hydrogen) atoms. The summed E-state index contributed by atoms with van der Waals surface area (Å²) >= 11 is 1.60. The molecule has 9 heteroatoms. The summed E-state index contributed by atoms with van der Waals surface area (Å²) in [7, 11) is 1.76. The van der Waals surface area contributed by atoms with Crippen LogP contribution in [0.3, 0.4) is 0 Å². The Bertz CT molecular complexity index is 1160. The van der Waals surface area contributed by atoms with Crippen molar-refractivity contribution in [1.29, 1.82) is 0 Å². The van der Waals surface area contributed by atoms with E-state index in [1.165, 1.54) is 6.42 Å². The lowest BCUT2D eigenvalue weighted by Gasteiger charge is -2.35. The fourth-order valence-corrected chi connectivity index (χ4v) is 7.43. The van der Waals surface area contributed by atoms with Crippen molar-refractivity contribution in [3.8, 4) is 0 Å². The molecule has 0 radical (unpaired) electrons. The lowest BCUT2D eigenvalue weighted by molar-refractivity contribution is -0.139. The SMILES string of the molecule is C/C=C\C1N=C(C(C)(C)O)C=C(c2csc(C3CCCN3C(=O)C(NC(=O)[C@H](C)NC)C3CCCCC3)n2)C1CC. The van der Waals surface area contributed by atoms with Gasteiger partial charge in [-0.05, 0) is 84.4 Å². The number of thiazole rings is 1. The minimum atomic E-state index is -1.05. The number of nitrogens with zero attached hydrogens (tertiary/aromatic N) is 3. The number of allylic oxidation sites excluding steroid dienone is 1. The molecule has 1 aromatic heterocycles. The Morgan fingerprint density at radius 2 is 1.95 bits per heavy atom. The first kappa shape index (κ1) is 31.6. The number of likely N-dealkylation sites (N-methyl/N-ethyl adjacent to an activating group) is 1. The van der Waals surface area contributed by atoms with Crippen molar-refractivity contribution in [2.24, 2.45) is 16.8 Å². The van der Waals surface area contributed by atoms with Gasteiger partial charge in [-0.15, -0.1) is 11.3 Å². The van der Waals surface area contributed by atoms with E-state index in [1.807, 2.05) is 30.9 Å². The van der Waals surface area contributed by atoms with Crippen LogP contribution in [0.25, 0.3) is 5.57 Å². The van der Waals surface area contributed by atoms with Gasteiger partial charge in [-0.25, -0.2) is 4.98 Å². The van der Waals surface area contributed by atoms with Crippen molar-refractivity contribution in [2.75, 3.05) is 13.6 Å². The number of carbonyl (C=O) groups is 2. The molecule has 226 valence electrons. The number of likely N-dealkylation sites (tertiary alicyclic amines) is 1. The number of nitrogens with one attached hydrogen (secondary N) is 2. The number of carbonyl (C=O) groups excluding carboxylic acids is 2. The minimum Gasteiger partial charge on any atom is -0.384 e. The maximum absolute atomic E-state index is 14.2. The third-order valence-corrected chi connectivity index (χ3v) is 9.94. The molecule has 0 bridgehead atoms. The third-order valence-electron chi connectivity index (χ3n) is 9.00. The molecule has 2 amide bonds. The van der Waals surface area contributed by atoms with Crippen LogP contribution in [-0.2, 0) is 9.59 Å². The van der Waals surface area contributed by atoms with Gasteiger partial charge in [-0.3, -0.25) is 14.6 Å². The van der Waals surface area contributed by atoms with Crippen LogP contribution in [0.2, 0.25) is 0 Å².